The van der Waals surface area contributed by atoms with Crippen LogP contribution in [0.25, 0.3) is 22.0 Å². The summed E-state index contributed by atoms with van der Waals surface area (Å²) in [4.78, 5) is 11.7. The number of aromatic nitrogens is 2. The van der Waals surface area contributed by atoms with E-state index >= 15 is 0 Å². The van der Waals surface area contributed by atoms with E-state index in [1.165, 1.54) is 41.5 Å². The molecule has 1 fully saturated rings. The molecule has 1 aliphatic rings. The van der Waals surface area contributed by atoms with Gasteiger partial charge in [0.1, 0.15) is 5.82 Å². The average molecular weight is 508 g/mol. The van der Waals surface area contributed by atoms with Crippen LogP contribution >= 0.6 is 0 Å². The van der Waals surface area contributed by atoms with Crippen LogP contribution in [0.1, 0.15) is 50.2 Å². The number of anilines is 2. The summed E-state index contributed by atoms with van der Waals surface area (Å²) in [6.45, 7) is 4.23. The van der Waals surface area contributed by atoms with Gasteiger partial charge >= 0.3 is 0 Å². The van der Waals surface area contributed by atoms with Crippen LogP contribution in [0.3, 0.4) is 0 Å². The van der Waals surface area contributed by atoms with Crippen molar-refractivity contribution >= 4 is 22.7 Å². The molecular formula is C33H41N5. The Morgan fingerprint density at radius 3 is 2.11 bits per heavy atom. The van der Waals surface area contributed by atoms with Crippen LogP contribution in [0.2, 0.25) is 0 Å². The molecule has 1 heterocycles. The third-order valence-electron chi connectivity index (χ3n) is 7.73. The molecule has 0 aliphatic heterocycles. The molecule has 198 valence electrons. The summed E-state index contributed by atoms with van der Waals surface area (Å²) in [6, 6.07) is 26.7. The number of hydrogen-bond acceptors (Lipinski definition) is 5. The number of rotatable bonds is 10. The van der Waals surface area contributed by atoms with Crippen molar-refractivity contribution in [3.05, 3.63) is 83.9 Å². The van der Waals surface area contributed by atoms with Crippen molar-refractivity contribution in [3.8, 4) is 11.1 Å². The number of fused-ring (bicyclic) bond motifs is 1. The molecule has 0 atom stereocenters. The van der Waals surface area contributed by atoms with Gasteiger partial charge < -0.3 is 15.5 Å². The molecule has 1 aromatic heterocycles. The fourth-order valence-electron chi connectivity index (χ4n) is 5.55. The molecule has 0 saturated heterocycles. The average Bonchev–Trinajstić information content (AvgIpc) is 2.94. The van der Waals surface area contributed by atoms with Gasteiger partial charge in [0.25, 0.3) is 0 Å². The summed E-state index contributed by atoms with van der Waals surface area (Å²) in [7, 11) is 4.08. The van der Waals surface area contributed by atoms with Crippen LogP contribution < -0.4 is 15.5 Å². The molecular weight excluding hydrogens is 466 g/mol. The molecule has 4 aromatic rings. The molecule has 1 aliphatic carbocycles. The van der Waals surface area contributed by atoms with Gasteiger partial charge in [-0.1, -0.05) is 74.0 Å². The lowest BCUT2D eigenvalue weighted by atomic mass is 9.86. The third kappa shape index (κ3) is 6.51. The van der Waals surface area contributed by atoms with Gasteiger partial charge in [0.15, 0.2) is 0 Å². The summed E-state index contributed by atoms with van der Waals surface area (Å²) in [5.74, 6) is 2.44. The van der Waals surface area contributed by atoms with Gasteiger partial charge in [-0.2, -0.15) is 4.98 Å². The molecule has 5 rings (SSSR count). The Morgan fingerprint density at radius 1 is 0.789 bits per heavy atom. The van der Waals surface area contributed by atoms with Gasteiger partial charge in [0.05, 0.1) is 5.52 Å². The summed E-state index contributed by atoms with van der Waals surface area (Å²) >= 11 is 0. The maximum atomic E-state index is 4.82. The first-order valence-electron chi connectivity index (χ1n) is 14.2. The zero-order valence-electron chi connectivity index (χ0n) is 23.1. The van der Waals surface area contributed by atoms with Crippen molar-refractivity contribution in [2.24, 2.45) is 5.92 Å². The lowest BCUT2D eigenvalue weighted by molar-refractivity contribution is 0.324. The van der Waals surface area contributed by atoms with E-state index in [2.05, 4.69) is 83.1 Å². The molecule has 5 heteroatoms. The normalized spacial score (nSPS) is 17.4. The summed E-state index contributed by atoms with van der Waals surface area (Å²) in [5, 5.41) is 8.43. The first-order valence-corrected chi connectivity index (χ1v) is 14.2. The SMILES string of the molecule is CCCc1ccc(-c2ccc(CNC[C@H]3CC[C@@H](Nc4nc(N(C)C)c5ccccc5n4)CC3)cc2)cc1. The van der Waals surface area contributed by atoms with Gasteiger partial charge in [-0.15, -0.1) is 0 Å². The smallest absolute Gasteiger partial charge is 0.225 e. The van der Waals surface area contributed by atoms with E-state index in [1.54, 1.807) is 0 Å². The van der Waals surface area contributed by atoms with Crippen LogP contribution in [0.5, 0.6) is 0 Å². The van der Waals surface area contributed by atoms with Gasteiger partial charge in [0, 0.05) is 32.1 Å². The van der Waals surface area contributed by atoms with Gasteiger partial charge in [-0.25, -0.2) is 4.98 Å². The predicted octanol–water partition coefficient (Wildman–Crippen LogP) is 7.08. The van der Waals surface area contributed by atoms with Crippen molar-refractivity contribution in [2.45, 2.75) is 58.0 Å². The quantitative estimate of drug-likeness (QED) is 0.240. The maximum Gasteiger partial charge on any atom is 0.225 e. The Morgan fingerprint density at radius 2 is 1.45 bits per heavy atom. The first kappa shape index (κ1) is 26.2. The Labute approximate surface area is 227 Å². The Balaban J connectivity index is 1.07. The second-order valence-electron chi connectivity index (χ2n) is 10.9. The molecule has 38 heavy (non-hydrogen) atoms. The van der Waals surface area contributed by atoms with E-state index in [-0.39, 0.29) is 0 Å². The molecule has 3 aromatic carbocycles. The van der Waals surface area contributed by atoms with Crippen molar-refractivity contribution < 1.29 is 0 Å². The van der Waals surface area contributed by atoms with Crippen LogP contribution in [0, 0.1) is 5.92 Å². The Hall–Kier alpha value is -3.44. The van der Waals surface area contributed by atoms with Gasteiger partial charge in [0.2, 0.25) is 5.95 Å². The van der Waals surface area contributed by atoms with Crippen molar-refractivity contribution in [3.63, 3.8) is 0 Å². The molecule has 5 nitrogen and oxygen atoms in total. The minimum Gasteiger partial charge on any atom is -0.362 e. The van der Waals surface area contributed by atoms with E-state index in [9.17, 15) is 0 Å². The molecule has 0 spiro atoms. The maximum absolute atomic E-state index is 4.82. The Kier molecular flexibility index (Phi) is 8.54. The number of aryl methyl sites for hydroxylation is 1. The Bertz CT molecular complexity index is 1310. The number of nitrogens with zero attached hydrogens (tertiary/aromatic N) is 3. The second-order valence-corrected chi connectivity index (χ2v) is 10.9. The lowest BCUT2D eigenvalue weighted by Crippen LogP contribution is -2.31. The summed E-state index contributed by atoms with van der Waals surface area (Å²) in [5.41, 5.74) is 6.33. The highest BCUT2D eigenvalue weighted by Gasteiger charge is 2.22. The van der Waals surface area contributed by atoms with E-state index in [1.807, 2.05) is 26.2 Å². The predicted molar refractivity (Wildman–Crippen MR) is 161 cm³/mol. The summed E-state index contributed by atoms with van der Waals surface area (Å²) < 4.78 is 0. The largest absolute Gasteiger partial charge is 0.362 e. The van der Waals surface area contributed by atoms with Crippen LogP contribution in [0.15, 0.2) is 72.8 Å². The fourth-order valence-corrected chi connectivity index (χ4v) is 5.55. The van der Waals surface area contributed by atoms with Crippen molar-refractivity contribution in [1.29, 1.82) is 0 Å². The number of hydrogen-bond donors (Lipinski definition) is 2. The third-order valence-corrected chi connectivity index (χ3v) is 7.73. The van der Waals surface area contributed by atoms with Crippen molar-refractivity contribution in [2.75, 3.05) is 30.9 Å². The number of para-hydroxylation sites is 1. The fraction of sp³-hybridized carbons (Fsp3) is 0.394. The highest BCUT2D eigenvalue weighted by Crippen LogP contribution is 2.28. The monoisotopic (exact) mass is 507 g/mol. The minimum atomic E-state index is 0.436. The number of benzene rings is 3. The molecule has 0 bridgehead atoms. The molecule has 2 N–H and O–H groups in total. The first-order chi connectivity index (χ1) is 18.6. The lowest BCUT2D eigenvalue weighted by Gasteiger charge is -2.29. The number of nitrogens with one attached hydrogen (secondary N) is 2. The zero-order chi connectivity index (χ0) is 26.3. The van der Waals surface area contributed by atoms with Crippen molar-refractivity contribution in [1.82, 2.24) is 15.3 Å². The van der Waals surface area contributed by atoms with E-state index in [0.717, 1.165) is 60.9 Å². The van der Waals surface area contributed by atoms with Gasteiger partial charge in [-0.3, -0.25) is 0 Å². The topological polar surface area (TPSA) is 53.1 Å². The second kappa shape index (κ2) is 12.4. The highest BCUT2D eigenvalue weighted by molar-refractivity contribution is 5.90. The molecule has 1 saturated carbocycles. The summed E-state index contributed by atoms with van der Waals surface area (Å²) in [6.07, 6.45) is 7.12. The van der Waals surface area contributed by atoms with Crippen LogP contribution in [-0.2, 0) is 13.0 Å². The highest BCUT2D eigenvalue weighted by atomic mass is 15.2. The van der Waals surface area contributed by atoms with Crippen LogP contribution in [0.4, 0.5) is 11.8 Å². The zero-order valence-corrected chi connectivity index (χ0v) is 23.1. The molecule has 0 amide bonds. The van der Waals surface area contributed by atoms with Crippen LogP contribution in [-0.4, -0.2) is 36.6 Å². The molecule has 0 radical (unpaired) electrons. The van der Waals surface area contributed by atoms with Gasteiger partial charge in [-0.05, 0) is 79.0 Å². The van der Waals surface area contributed by atoms with E-state index in [4.69, 9.17) is 9.97 Å². The van der Waals surface area contributed by atoms with E-state index in [0.29, 0.717) is 6.04 Å². The van der Waals surface area contributed by atoms with E-state index < -0.39 is 0 Å². The standard InChI is InChI=1S/C33H41N5/c1-4-7-24-10-16-27(17-11-24)28-18-12-25(13-19-28)22-34-23-26-14-20-29(21-15-26)35-33-36-31-9-6-5-8-30(31)32(37-33)38(2)3/h5-6,8-13,16-19,26,29,34H,4,7,14-15,20-23H2,1-3H3,(H,35,36,37)/t26-,29+. The minimum absolute atomic E-state index is 0.436. The molecule has 0 unspecified atom stereocenters.